The van der Waals surface area contributed by atoms with Gasteiger partial charge >= 0.3 is 6.01 Å². The molecule has 2 aromatic carbocycles. The highest BCUT2D eigenvalue weighted by Gasteiger charge is 2.12. The maximum atomic E-state index is 12.9. The monoisotopic (exact) mass is 325 g/mol. The van der Waals surface area contributed by atoms with E-state index in [4.69, 9.17) is 4.42 Å². The molecule has 1 amide bonds. The number of benzene rings is 2. The van der Waals surface area contributed by atoms with Crippen molar-refractivity contribution < 1.29 is 13.6 Å². The van der Waals surface area contributed by atoms with Crippen molar-refractivity contribution in [3.05, 3.63) is 76.4 Å². The number of aromatic nitrogens is 2. The summed E-state index contributed by atoms with van der Waals surface area (Å²) in [6, 6.07) is 11.6. The molecular formula is C18H16FN3O2. The Morgan fingerprint density at radius 2 is 1.75 bits per heavy atom. The van der Waals surface area contributed by atoms with E-state index in [1.165, 1.54) is 12.1 Å². The Morgan fingerprint density at radius 1 is 1.08 bits per heavy atom. The lowest BCUT2D eigenvalue weighted by Gasteiger charge is -2.03. The third-order valence-corrected chi connectivity index (χ3v) is 3.44. The number of rotatable bonds is 4. The smallest absolute Gasteiger partial charge is 0.322 e. The summed E-state index contributed by atoms with van der Waals surface area (Å²) in [6.07, 6.45) is 0.368. The highest BCUT2D eigenvalue weighted by atomic mass is 19.1. The molecule has 0 atom stereocenters. The lowest BCUT2D eigenvalue weighted by Crippen LogP contribution is -2.12. The molecule has 0 aliphatic carbocycles. The van der Waals surface area contributed by atoms with Gasteiger partial charge in [-0.3, -0.25) is 10.1 Å². The Balaban J connectivity index is 1.69. The predicted octanol–water partition coefficient (Wildman–Crippen LogP) is 3.67. The van der Waals surface area contributed by atoms with Crippen LogP contribution in [0.1, 0.15) is 32.9 Å². The molecular weight excluding hydrogens is 309 g/mol. The summed E-state index contributed by atoms with van der Waals surface area (Å²) in [6.45, 7) is 3.86. The maximum Gasteiger partial charge on any atom is 0.322 e. The summed E-state index contributed by atoms with van der Waals surface area (Å²) in [4.78, 5) is 12.2. The van der Waals surface area contributed by atoms with Crippen LogP contribution in [0, 0.1) is 19.7 Å². The zero-order valence-electron chi connectivity index (χ0n) is 13.3. The van der Waals surface area contributed by atoms with Gasteiger partial charge in [-0.15, -0.1) is 5.10 Å². The molecule has 0 unspecified atom stereocenters. The molecule has 1 aromatic heterocycles. The number of carbonyl (C=O) groups excluding carboxylic acids is 1. The van der Waals surface area contributed by atoms with Crippen LogP contribution in [0.5, 0.6) is 0 Å². The summed E-state index contributed by atoms with van der Waals surface area (Å²) in [5, 5.41) is 10.3. The fraction of sp³-hybridized carbons (Fsp3) is 0.167. The highest BCUT2D eigenvalue weighted by molar-refractivity contribution is 6.03. The van der Waals surface area contributed by atoms with E-state index in [2.05, 4.69) is 15.5 Å². The number of hydrogen-bond donors (Lipinski definition) is 1. The van der Waals surface area contributed by atoms with E-state index in [-0.39, 0.29) is 17.7 Å². The van der Waals surface area contributed by atoms with Crippen molar-refractivity contribution in [2.45, 2.75) is 20.3 Å². The Bertz CT molecular complexity index is 852. The number of halogens is 1. The fourth-order valence-corrected chi connectivity index (χ4v) is 2.43. The summed E-state index contributed by atoms with van der Waals surface area (Å²) in [5.74, 6) is -0.262. The van der Waals surface area contributed by atoms with Crippen molar-refractivity contribution in [2.75, 3.05) is 5.32 Å². The molecule has 0 aliphatic heterocycles. The molecule has 3 aromatic rings. The number of anilines is 1. The second kappa shape index (κ2) is 6.62. The molecule has 0 spiro atoms. The minimum Gasteiger partial charge on any atom is -0.407 e. The molecule has 1 N–H and O–H groups in total. The number of nitrogens with one attached hydrogen (secondary N) is 1. The van der Waals surface area contributed by atoms with E-state index in [1.54, 1.807) is 24.3 Å². The first-order valence-corrected chi connectivity index (χ1v) is 7.46. The lowest BCUT2D eigenvalue weighted by atomic mass is 10.1. The molecule has 6 heteroatoms. The number of hydrogen-bond acceptors (Lipinski definition) is 4. The van der Waals surface area contributed by atoms with Crippen LogP contribution in [0.15, 0.2) is 46.9 Å². The van der Waals surface area contributed by atoms with Gasteiger partial charge in [-0.1, -0.05) is 34.4 Å². The molecule has 0 saturated carbocycles. The van der Waals surface area contributed by atoms with Crippen LogP contribution in [-0.2, 0) is 6.42 Å². The van der Waals surface area contributed by atoms with Crippen LogP contribution >= 0.6 is 0 Å². The predicted molar refractivity (Wildman–Crippen MR) is 87.4 cm³/mol. The van der Waals surface area contributed by atoms with Gasteiger partial charge in [-0.05, 0) is 43.7 Å². The van der Waals surface area contributed by atoms with E-state index in [0.717, 1.165) is 16.7 Å². The maximum absolute atomic E-state index is 12.9. The normalized spacial score (nSPS) is 10.6. The first-order valence-electron chi connectivity index (χ1n) is 7.46. The van der Waals surface area contributed by atoms with E-state index < -0.39 is 0 Å². The van der Waals surface area contributed by atoms with Crippen LogP contribution in [0.3, 0.4) is 0 Å². The van der Waals surface area contributed by atoms with Gasteiger partial charge < -0.3 is 4.42 Å². The molecule has 24 heavy (non-hydrogen) atoms. The van der Waals surface area contributed by atoms with Gasteiger partial charge in [0.15, 0.2) is 0 Å². The van der Waals surface area contributed by atoms with Crippen molar-refractivity contribution in [1.82, 2.24) is 10.2 Å². The second-order valence-corrected chi connectivity index (χ2v) is 5.63. The molecule has 5 nitrogen and oxygen atoms in total. The molecule has 122 valence electrons. The van der Waals surface area contributed by atoms with Crippen LogP contribution in [0.2, 0.25) is 0 Å². The van der Waals surface area contributed by atoms with Crippen molar-refractivity contribution in [2.24, 2.45) is 0 Å². The standard InChI is InChI=1S/C18H16FN3O2/c1-11-7-12(2)9-14(8-11)17(23)20-18-22-21-16(24-18)10-13-3-5-15(19)6-4-13/h3-9H,10H2,1-2H3,(H,20,22,23). The van der Waals surface area contributed by atoms with Gasteiger partial charge in [0.05, 0.1) is 6.42 Å². The van der Waals surface area contributed by atoms with Crippen LogP contribution in [0.4, 0.5) is 10.4 Å². The third-order valence-electron chi connectivity index (χ3n) is 3.44. The summed E-state index contributed by atoms with van der Waals surface area (Å²) in [5.41, 5.74) is 3.38. The molecule has 0 aliphatic rings. The van der Waals surface area contributed by atoms with E-state index >= 15 is 0 Å². The number of aryl methyl sites for hydroxylation is 2. The highest BCUT2D eigenvalue weighted by Crippen LogP contribution is 2.14. The van der Waals surface area contributed by atoms with Crippen LogP contribution in [-0.4, -0.2) is 16.1 Å². The first kappa shape index (κ1) is 15.9. The topological polar surface area (TPSA) is 68.0 Å². The quantitative estimate of drug-likeness (QED) is 0.795. The minimum absolute atomic E-state index is 0.0382. The lowest BCUT2D eigenvalue weighted by molar-refractivity contribution is 0.102. The first-order chi connectivity index (χ1) is 11.5. The van der Waals surface area contributed by atoms with Gasteiger partial charge in [0.2, 0.25) is 5.89 Å². The molecule has 3 rings (SSSR count). The number of nitrogens with zero attached hydrogens (tertiary/aromatic N) is 2. The van der Waals surface area contributed by atoms with E-state index in [0.29, 0.717) is 17.9 Å². The van der Waals surface area contributed by atoms with Crippen molar-refractivity contribution in [1.29, 1.82) is 0 Å². The second-order valence-electron chi connectivity index (χ2n) is 5.63. The summed E-state index contributed by atoms with van der Waals surface area (Å²) in [7, 11) is 0. The van der Waals surface area contributed by atoms with Gasteiger partial charge in [0.25, 0.3) is 5.91 Å². The third kappa shape index (κ3) is 3.84. The van der Waals surface area contributed by atoms with E-state index in [1.807, 2.05) is 19.9 Å². The SMILES string of the molecule is Cc1cc(C)cc(C(=O)Nc2nnc(Cc3ccc(F)cc3)o2)c1. The summed E-state index contributed by atoms with van der Waals surface area (Å²) >= 11 is 0. The van der Waals surface area contributed by atoms with Gasteiger partial charge in [-0.25, -0.2) is 4.39 Å². The van der Waals surface area contributed by atoms with E-state index in [9.17, 15) is 9.18 Å². The van der Waals surface area contributed by atoms with Crippen molar-refractivity contribution >= 4 is 11.9 Å². The van der Waals surface area contributed by atoms with Crippen molar-refractivity contribution in [3.8, 4) is 0 Å². The Labute approximate surface area is 138 Å². The Kier molecular flexibility index (Phi) is 4.37. The Morgan fingerprint density at radius 3 is 2.42 bits per heavy atom. The molecule has 0 saturated heterocycles. The van der Waals surface area contributed by atoms with Crippen LogP contribution < -0.4 is 5.32 Å². The zero-order chi connectivity index (χ0) is 17.1. The average Bonchev–Trinajstić information content (AvgIpc) is 2.95. The minimum atomic E-state index is -0.307. The van der Waals surface area contributed by atoms with Gasteiger partial charge in [-0.2, -0.15) is 0 Å². The van der Waals surface area contributed by atoms with Gasteiger partial charge in [0.1, 0.15) is 5.82 Å². The largest absolute Gasteiger partial charge is 0.407 e. The average molecular weight is 325 g/mol. The van der Waals surface area contributed by atoms with Crippen LogP contribution in [0.25, 0.3) is 0 Å². The Hall–Kier alpha value is -3.02. The molecule has 0 bridgehead atoms. The molecule has 0 fully saturated rings. The number of amides is 1. The summed E-state index contributed by atoms with van der Waals surface area (Å²) < 4.78 is 18.3. The fourth-order valence-electron chi connectivity index (χ4n) is 2.43. The number of carbonyl (C=O) groups is 1. The zero-order valence-corrected chi connectivity index (χ0v) is 13.3. The molecule has 0 radical (unpaired) electrons. The van der Waals surface area contributed by atoms with Crippen molar-refractivity contribution in [3.63, 3.8) is 0 Å². The van der Waals surface area contributed by atoms with Gasteiger partial charge in [0, 0.05) is 5.56 Å². The molecule has 1 heterocycles.